The number of benzene rings is 2. The third-order valence-electron chi connectivity index (χ3n) is 6.70. The minimum atomic E-state index is -1.80. The van der Waals surface area contributed by atoms with Crippen molar-refractivity contribution in [2.24, 2.45) is 0 Å². The van der Waals surface area contributed by atoms with Crippen LogP contribution in [-0.4, -0.2) is 47.8 Å². The molecule has 2 aromatic rings. The van der Waals surface area contributed by atoms with E-state index < -0.39 is 11.6 Å². The van der Waals surface area contributed by atoms with Crippen LogP contribution in [0.5, 0.6) is 0 Å². The maximum absolute atomic E-state index is 13.3. The quantitative estimate of drug-likeness (QED) is 0.541. The Bertz CT molecular complexity index is 770. The van der Waals surface area contributed by atoms with Crippen molar-refractivity contribution in [2.75, 3.05) is 14.1 Å². The molecule has 0 aliphatic carbocycles. The van der Waals surface area contributed by atoms with E-state index in [4.69, 9.17) is 4.74 Å². The first-order valence-electron chi connectivity index (χ1n) is 9.82. The number of aliphatic hydroxyl groups is 1. The minimum Gasteiger partial charge on any atom is -1.00 e. The van der Waals surface area contributed by atoms with Gasteiger partial charge in [0.05, 0.1) is 20.1 Å². The summed E-state index contributed by atoms with van der Waals surface area (Å²) in [6.07, 6.45) is 4.17. The number of piperidine rings is 1. The van der Waals surface area contributed by atoms with E-state index in [9.17, 15) is 9.90 Å². The Hall–Kier alpha value is -1.69. The van der Waals surface area contributed by atoms with Gasteiger partial charge >= 0.3 is 5.97 Å². The molecular weight excluding hydrogens is 418 g/mol. The van der Waals surface area contributed by atoms with Crippen LogP contribution < -0.4 is 17.0 Å². The monoisotopic (exact) mass is 445 g/mol. The van der Waals surface area contributed by atoms with E-state index in [1.807, 2.05) is 36.4 Å². The number of hydrogen-bond acceptors (Lipinski definition) is 3. The van der Waals surface area contributed by atoms with E-state index in [0.29, 0.717) is 23.2 Å². The number of fused-ring (bicyclic) bond motifs is 2. The first-order valence-corrected chi connectivity index (χ1v) is 9.82. The van der Waals surface area contributed by atoms with Gasteiger partial charge in [-0.15, -0.1) is 0 Å². The number of carbonyl (C=O) groups is 1. The summed E-state index contributed by atoms with van der Waals surface area (Å²) in [5.41, 5.74) is -0.720. The molecule has 3 atom stereocenters. The Morgan fingerprint density at radius 1 is 1.00 bits per heavy atom. The molecule has 2 heterocycles. The van der Waals surface area contributed by atoms with Crippen molar-refractivity contribution in [1.82, 2.24) is 0 Å². The summed E-state index contributed by atoms with van der Waals surface area (Å²) in [5.74, 6) is -0.572. The van der Waals surface area contributed by atoms with Gasteiger partial charge in [-0.05, 0) is 24.0 Å². The highest BCUT2D eigenvalue weighted by Gasteiger charge is 2.55. The van der Waals surface area contributed by atoms with Gasteiger partial charge in [-0.3, -0.25) is 0 Å². The Labute approximate surface area is 177 Å². The molecule has 4 rings (SSSR count). The van der Waals surface area contributed by atoms with E-state index in [-0.39, 0.29) is 23.1 Å². The Balaban J connectivity index is 0.00000225. The van der Waals surface area contributed by atoms with E-state index in [0.717, 1.165) is 17.3 Å². The summed E-state index contributed by atoms with van der Waals surface area (Å²) >= 11 is 0. The number of rotatable bonds is 4. The number of esters is 1. The van der Waals surface area contributed by atoms with Gasteiger partial charge < -0.3 is 31.3 Å². The lowest BCUT2D eigenvalue weighted by Gasteiger charge is -2.41. The fourth-order valence-electron chi connectivity index (χ4n) is 5.04. The van der Waals surface area contributed by atoms with Crippen LogP contribution >= 0.6 is 0 Å². The molecule has 2 unspecified atom stereocenters. The molecule has 0 spiro atoms. The molecule has 150 valence electrons. The van der Waals surface area contributed by atoms with Crippen LogP contribution in [0.15, 0.2) is 60.7 Å². The summed E-state index contributed by atoms with van der Waals surface area (Å²) in [6, 6.07) is 19.0. The van der Waals surface area contributed by atoms with Crippen LogP contribution in [0.25, 0.3) is 0 Å². The third kappa shape index (κ3) is 3.40. The van der Waals surface area contributed by atoms with Crippen molar-refractivity contribution in [3.8, 4) is 0 Å². The smallest absolute Gasteiger partial charge is 0.348 e. The first-order chi connectivity index (χ1) is 12.9. The van der Waals surface area contributed by atoms with Gasteiger partial charge in [0.1, 0.15) is 6.04 Å². The number of nitrogens with zero attached hydrogens (tertiary/aromatic N) is 1. The van der Waals surface area contributed by atoms with Crippen molar-refractivity contribution in [3.63, 3.8) is 0 Å². The zero-order valence-electron chi connectivity index (χ0n) is 16.4. The molecule has 1 N–H and O–H groups in total. The molecule has 2 aliphatic rings. The molecule has 0 aromatic heterocycles. The fraction of sp³-hybridized carbons (Fsp3) is 0.435. The van der Waals surface area contributed by atoms with Gasteiger partial charge in [-0.1, -0.05) is 60.7 Å². The summed E-state index contributed by atoms with van der Waals surface area (Å²) in [4.78, 5) is 13.3. The highest BCUT2D eigenvalue weighted by Crippen LogP contribution is 2.42. The van der Waals surface area contributed by atoms with E-state index in [2.05, 4.69) is 14.1 Å². The van der Waals surface area contributed by atoms with Crippen LogP contribution in [-0.2, 0) is 15.1 Å². The normalized spacial score (nSPS) is 25.6. The van der Waals surface area contributed by atoms with Crippen LogP contribution in [0.4, 0.5) is 0 Å². The molecule has 2 aromatic carbocycles. The topological polar surface area (TPSA) is 46.5 Å². The largest absolute Gasteiger partial charge is 1.00 e. The SMILES string of the molecule is C[N+]1(C)C2CCC[C@@H]1C(OC(=O)C(O)(c1ccccc1)c1ccccc1)C2.[Br-]. The molecular formula is C23H28BrNO3. The molecule has 2 saturated heterocycles. The number of hydrogen-bond donors (Lipinski definition) is 1. The van der Waals surface area contributed by atoms with E-state index in [1.54, 1.807) is 24.3 Å². The fourth-order valence-corrected chi connectivity index (χ4v) is 5.04. The zero-order valence-corrected chi connectivity index (χ0v) is 18.0. The van der Waals surface area contributed by atoms with Crippen molar-refractivity contribution in [2.45, 2.75) is 49.5 Å². The molecule has 28 heavy (non-hydrogen) atoms. The van der Waals surface area contributed by atoms with Gasteiger partial charge in [-0.2, -0.15) is 0 Å². The minimum absolute atomic E-state index is 0. The number of ether oxygens (including phenoxy) is 1. The van der Waals surface area contributed by atoms with Gasteiger partial charge in [0, 0.05) is 12.8 Å². The molecule has 2 fully saturated rings. The maximum Gasteiger partial charge on any atom is 0.348 e. The molecule has 0 saturated carbocycles. The predicted molar refractivity (Wildman–Crippen MR) is 104 cm³/mol. The van der Waals surface area contributed by atoms with Gasteiger partial charge in [0.2, 0.25) is 5.60 Å². The van der Waals surface area contributed by atoms with Crippen molar-refractivity contribution in [3.05, 3.63) is 71.8 Å². The highest BCUT2D eigenvalue weighted by atomic mass is 79.9. The zero-order chi connectivity index (χ0) is 19.1. The number of halogens is 1. The van der Waals surface area contributed by atoms with Crippen LogP contribution in [0.3, 0.4) is 0 Å². The standard InChI is InChI=1S/C23H28NO3.BrH/c1-24(2)19-14-9-15-20(24)21(16-19)27-22(25)23(26,17-10-5-3-6-11-17)18-12-7-4-8-13-18;/h3-8,10-13,19-21,26H,9,14-16H2,1-2H3;1H/q+1;/p-1/t19?,20-,21?;/m1./s1. The second-order valence-corrected chi connectivity index (χ2v) is 8.40. The lowest BCUT2D eigenvalue weighted by Crippen LogP contribution is -3.00. The average Bonchev–Trinajstić information content (AvgIpc) is 2.83. The third-order valence-corrected chi connectivity index (χ3v) is 6.70. The summed E-state index contributed by atoms with van der Waals surface area (Å²) < 4.78 is 6.94. The molecule has 0 radical (unpaired) electrons. The van der Waals surface area contributed by atoms with Crippen LogP contribution in [0, 0.1) is 0 Å². The molecule has 2 bridgehead atoms. The average molecular weight is 446 g/mol. The van der Waals surface area contributed by atoms with Crippen molar-refractivity contribution in [1.29, 1.82) is 0 Å². The predicted octanol–water partition coefficient (Wildman–Crippen LogP) is 0.240. The summed E-state index contributed by atoms with van der Waals surface area (Å²) in [5, 5.41) is 11.6. The Kier molecular flexibility index (Phi) is 5.99. The number of carbonyl (C=O) groups excluding carboxylic acids is 1. The lowest BCUT2D eigenvalue weighted by molar-refractivity contribution is -0.931. The van der Waals surface area contributed by atoms with Gasteiger partial charge in [0.25, 0.3) is 0 Å². The lowest BCUT2D eigenvalue weighted by atomic mass is 9.86. The number of likely N-dealkylation sites (N-methyl/N-ethyl adjacent to an activating group) is 1. The Morgan fingerprint density at radius 3 is 2.04 bits per heavy atom. The molecule has 4 nitrogen and oxygen atoms in total. The maximum atomic E-state index is 13.3. The second kappa shape index (κ2) is 7.97. The molecule has 2 aliphatic heterocycles. The summed E-state index contributed by atoms with van der Waals surface area (Å²) in [7, 11) is 4.48. The molecule has 5 heteroatoms. The summed E-state index contributed by atoms with van der Waals surface area (Å²) in [6.45, 7) is 0. The first kappa shape index (κ1) is 21.0. The van der Waals surface area contributed by atoms with Crippen molar-refractivity contribution < 1.29 is 36.1 Å². The second-order valence-electron chi connectivity index (χ2n) is 8.40. The van der Waals surface area contributed by atoms with E-state index in [1.165, 1.54) is 12.8 Å². The van der Waals surface area contributed by atoms with Gasteiger partial charge in [0.15, 0.2) is 6.10 Å². The van der Waals surface area contributed by atoms with Crippen LogP contribution in [0.2, 0.25) is 0 Å². The van der Waals surface area contributed by atoms with Crippen molar-refractivity contribution >= 4 is 5.97 Å². The number of quaternary nitrogens is 1. The van der Waals surface area contributed by atoms with E-state index >= 15 is 0 Å². The van der Waals surface area contributed by atoms with Gasteiger partial charge in [-0.25, -0.2) is 4.79 Å². The molecule has 0 amide bonds. The Morgan fingerprint density at radius 2 is 1.54 bits per heavy atom. The highest BCUT2D eigenvalue weighted by molar-refractivity contribution is 5.85. The van der Waals surface area contributed by atoms with Crippen LogP contribution in [0.1, 0.15) is 36.8 Å².